The molecule has 1 saturated heterocycles. The van der Waals surface area contributed by atoms with Gasteiger partial charge in [-0.1, -0.05) is 72.6 Å². The van der Waals surface area contributed by atoms with Gasteiger partial charge in [-0.3, -0.25) is 4.79 Å². The van der Waals surface area contributed by atoms with Crippen molar-refractivity contribution in [3.05, 3.63) is 94.5 Å². The summed E-state index contributed by atoms with van der Waals surface area (Å²) in [5.74, 6) is 0.0531. The average Bonchev–Trinajstić information content (AvgIpc) is 3.26. The Bertz CT molecular complexity index is 1320. The molecule has 1 aliphatic carbocycles. The predicted molar refractivity (Wildman–Crippen MR) is 166 cm³/mol. The zero-order valence-electron chi connectivity index (χ0n) is 25.4. The Balaban J connectivity index is 0.000000541. The van der Waals surface area contributed by atoms with Crippen LogP contribution in [0.1, 0.15) is 64.7 Å². The molecule has 3 N–H and O–H groups in total. The lowest BCUT2D eigenvalue weighted by molar-refractivity contribution is -0.123. The molecule has 1 fully saturated rings. The van der Waals surface area contributed by atoms with E-state index in [0.29, 0.717) is 0 Å². The fraction of sp³-hybridized carbons (Fsp3) is 0.457. The first-order valence-electron chi connectivity index (χ1n) is 15.2. The number of fused-ring (bicyclic) bond motifs is 3. The van der Waals surface area contributed by atoms with Gasteiger partial charge in [-0.05, 0) is 87.0 Å². The second kappa shape index (κ2) is 14.5. The molecule has 8 heteroatoms. The number of hydrogen-bond acceptors (Lipinski definition) is 4. The van der Waals surface area contributed by atoms with E-state index >= 15 is 0 Å². The van der Waals surface area contributed by atoms with Crippen LogP contribution in [0.3, 0.4) is 0 Å². The van der Waals surface area contributed by atoms with Crippen LogP contribution in [0, 0.1) is 13.8 Å². The molecule has 3 aromatic rings. The molecule has 0 unspecified atom stereocenters. The molecule has 0 radical (unpaired) electrons. The number of halogens is 3. The van der Waals surface area contributed by atoms with Crippen molar-refractivity contribution in [3.8, 4) is 11.1 Å². The molecule has 1 amide bonds. The van der Waals surface area contributed by atoms with E-state index in [4.69, 9.17) is 0 Å². The molecule has 3 aromatic carbocycles. The van der Waals surface area contributed by atoms with Crippen molar-refractivity contribution >= 4 is 5.91 Å². The lowest BCUT2D eigenvalue weighted by atomic mass is 9.75. The highest BCUT2D eigenvalue weighted by Crippen LogP contribution is 2.51. The second-order valence-corrected chi connectivity index (χ2v) is 11.8. The fourth-order valence-corrected chi connectivity index (χ4v) is 6.53. The lowest BCUT2D eigenvalue weighted by Gasteiger charge is -2.33. The van der Waals surface area contributed by atoms with Crippen LogP contribution in [0.15, 0.2) is 66.7 Å². The second-order valence-electron chi connectivity index (χ2n) is 11.8. The van der Waals surface area contributed by atoms with E-state index in [1.165, 1.54) is 34.9 Å². The molecule has 43 heavy (non-hydrogen) atoms. The van der Waals surface area contributed by atoms with Gasteiger partial charge >= 0.3 is 6.18 Å². The summed E-state index contributed by atoms with van der Waals surface area (Å²) in [6.07, 6.45) is 1.09. The number of carbonyl (C=O) groups is 1. The van der Waals surface area contributed by atoms with Crippen molar-refractivity contribution in [2.24, 2.45) is 0 Å². The number of benzene rings is 3. The summed E-state index contributed by atoms with van der Waals surface area (Å²) in [4.78, 5) is 15.3. The number of aryl methyl sites for hydroxylation is 2. The van der Waals surface area contributed by atoms with Crippen LogP contribution in [0.5, 0.6) is 0 Å². The Morgan fingerprint density at radius 1 is 0.953 bits per heavy atom. The van der Waals surface area contributed by atoms with Gasteiger partial charge in [0.2, 0.25) is 0 Å². The Labute approximate surface area is 253 Å². The molecule has 1 aliphatic heterocycles. The molecule has 1 heterocycles. The highest BCUT2D eigenvalue weighted by molar-refractivity contribution is 5.95. The number of unbranched alkanes of at least 4 members (excludes halogenated alkanes) is 1. The highest BCUT2D eigenvalue weighted by atomic mass is 19.4. The van der Waals surface area contributed by atoms with Crippen LogP contribution in [0.25, 0.3) is 11.1 Å². The van der Waals surface area contributed by atoms with Gasteiger partial charge in [0.05, 0.1) is 13.2 Å². The Morgan fingerprint density at radius 2 is 1.56 bits per heavy atom. The number of nitrogens with one attached hydrogen (secondary N) is 2. The summed E-state index contributed by atoms with van der Waals surface area (Å²) in [6, 6.07) is 23.4. The third-order valence-corrected chi connectivity index (χ3v) is 8.70. The molecule has 0 bridgehead atoms. The maximum Gasteiger partial charge on any atom is 0.401 e. The van der Waals surface area contributed by atoms with Crippen LogP contribution in [0.2, 0.25) is 0 Å². The first-order valence-corrected chi connectivity index (χ1v) is 15.2. The Kier molecular flexibility index (Phi) is 11.0. The van der Waals surface area contributed by atoms with Gasteiger partial charge in [0.1, 0.15) is 0 Å². The quantitative estimate of drug-likeness (QED) is 0.251. The zero-order chi connectivity index (χ0) is 31.0. The number of piperidine rings is 1. The summed E-state index contributed by atoms with van der Waals surface area (Å²) in [5, 5.41) is 15.9. The van der Waals surface area contributed by atoms with E-state index < -0.39 is 12.7 Å². The van der Waals surface area contributed by atoms with Gasteiger partial charge in [0.15, 0.2) is 0 Å². The molecule has 5 rings (SSSR count). The summed E-state index contributed by atoms with van der Waals surface area (Å²) in [6.45, 7) is 6.42. The summed E-state index contributed by atoms with van der Waals surface area (Å²) < 4.78 is 33.0. The topological polar surface area (TPSA) is 64.6 Å². The number of alkyl halides is 3. The smallest absolute Gasteiger partial charge is 0.395 e. The summed E-state index contributed by atoms with van der Waals surface area (Å²) in [5.41, 5.74) is 7.80. The number of carbonyl (C=O) groups excluding carboxylic acids is 1. The summed E-state index contributed by atoms with van der Waals surface area (Å²) >= 11 is 0. The number of hydrogen-bond donors (Lipinski definition) is 3. The number of likely N-dealkylation sites (tertiary alicyclic amines) is 1. The molecule has 0 aromatic heterocycles. The van der Waals surface area contributed by atoms with Crippen LogP contribution < -0.4 is 10.6 Å². The maximum absolute atomic E-state index is 12.8. The van der Waals surface area contributed by atoms with Crippen molar-refractivity contribution in [2.45, 2.75) is 63.6 Å². The van der Waals surface area contributed by atoms with E-state index in [2.05, 4.69) is 71.7 Å². The Morgan fingerprint density at radius 3 is 2.07 bits per heavy atom. The van der Waals surface area contributed by atoms with Gasteiger partial charge in [0, 0.05) is 30.1 Å². The molecular weight excluding hydrogens is 551 g/mol. The fourth-order valence-electron chi connectivity index (χ4n) is 6.53. The number of aliphatic hydroxyl groups is 1. The molecule has 232 valence electrons. The van der Waals surface area contributed by atoms with Crippen LogP contribution in [-0.2, 0) is 5.41 Å². The van der Waals surface area contributed by atoms with Crippen molar-refractivity contribution in [3.63, 3.8) is 0 Å². The number of rotatable bonds is 9. The minimum Gasteiger partial charge on any atom is -0.395 e. The third-order valence-electron chi connectivity index (χ3n) is 8.70. The summed E-state index contributed by atoms with van der Waals surface area (Å²) in [7, 11) is 1.26. The minimum atomic E-state index is -4.06. The maximum atomic E-state index is 12.8. The van der Waals surface area contributed by atoms with Crippen LogP contribution in [-0.4, -0.2) is 68.0 Å². The van der Waals surface area contributed by atoms with Gasteiger partial charge in [0.25, 0.3) is 5.91 Å². The Hall–Kier alpha value is -3.20. The van der Waals surface area contributed by atoms with E-state index in [1.54, 1.807) is 0 Å². The monoisotopic (exact) mass is 595 g/mol. The van der Waals surface area contributed by atoms with Crippen LogP contribution in [0.4, 0.5) is 13.2 Å². The molecular formula is C35H44F3N3O2. The number of amides is 1. The molecule has 0 spiro atoms. The highest BCUT2D eigenvalue weighted by Gasteiger charge is 2.41. The number of nitrogens with zero attached hydrogens (tertiary/aromatic N) is 1. The van der Waals surface area contributed by atoms with Crippen LogP contribution >= 0.6 is 0 Å². The standard InChI is InChI=1S/C32H38N2O2.C3H6F3N/c1-23-13-14-26(24(2)21-23)31(36)33-25-15-19-34(20-16-25)18-8-7-17-32(22-35)29-11-5-3-9-27(29)28-10-4-6-12-30(28)32;1-7-2-3(4,5)6/h3-6,9-14,21,25,35H,7-8,15-20,22H2,1-2H3,(H,33,36);7H,2H2,1H3. The molecule has 0 saturated carbocycles. The van der Waals surface area contributed by atoms with Gasteiger partial charge in [-0.25, -0.2) is 0 Å². The number of aliphatic hydroxyl groups excluding tert-OH is 1. The zero-order valence-corrected chi connectivity index (χ0v) is 25.4. The SMILES string of the molecule is CNCC(F)(F)F.Cc1ccc(C(=O)NC2CCN(CCCCC3(CO)c4ccccc4-c4ccccc43)CC2)c(C)c1. The van der Waals surface area contributed by atoms with Crippen molar-refractivity contribution < 1.29 is 23.1 Å². The van der Waals surface area contributed by atoms with E-state index in [1.807, 2.05) is 24.4 Å². The minimum absolute atomic E-state index is 0.0531. The van der Waals surface area contributed by atoms with Crippen molar-refractivity contribution in [1.29, 1.82) is 0 Å². The molecule has 0 atom stereocenters. The van der Waals surface area contributed by atoms with E-state index in [9.17, 15) is 23.1 Å². The molecule has 2 aliphatic rings. The predicted octanol–water partition coefficient (Wildman–Crippen LogP) is 6.40. The van der Waals surface area contributed by atoms with E-state index in [0.717, 1.165) is 62.9 Å². The van der Waals surface area contributed by atoms with Crippen molar-refractivity contribution in [1.82, 2.24) is 15.5 Å². The third kappa shape index (κ3) is 8.05. The van der Waals surface area contributed by atoms with Gasteiger partial charge < -0.3 is 20.6 Å². The van der Waals surface area contributed by atoms with Crippen molar-refractivity contribution in [2.75, 3.05) is 39.8 Å². The van der Waals surface area contributed by atoms with Gasteiger partial charge in [-0.15, -0.1) is 0 Å². The first-order chi connectivity index (χ1) is 20.6. The van der Waals surface area contributed by atoms with Gasteiger partial charge in [-0.2, -0.15) is 13.2 Å². The molecule has 5 nitrogen and oxygen atoms in total. The average molecular weight is 596 g/mol. The normalized spacial score (nSPS) is 16.2. The van der Waals surface area contributed by atoms with E-state index in [-0.39, 0.29) is 24.0 Å². The lowest BCUT2D eigenvalue weighted by Crippen LogP contribution is -2.45. The largest absolute Gasteiger partial charge is 0.401 e. The first kappa shape index (κ1) is 32.7.